The molecule has 1 aromatic heterocycles. The van der Waals surface area contributed by atoms with Gasteiger partial charge in [-0.3, -0.25) is 0 Å². The predicted molar refractivity (Wildman–Crippen MR) is 106 cm³/mol. The molecule has 2 aromatic carbocycles. The number of benzene rings is 2. The Hall–Kier alpha value is -2.45. The zero-order valence-corrected chi connectivity index (χ0v) is 15.9. The molecule has 158 valence electrons. The fourth-order valence-corrected chi connectivity index (χ4v) is 3.08. The molecule has 3 N–H and O–H groups in total. The van der Waals surface area contributed by atoms with E-state index in [2.05, 4.69) is 4.98 Å². The molecule has 3 aromatic rings. The Kier molecular flexibility index (Phi) is 4.10. The van der Waals surface area contributed by atoms with E-state index in [4.69, 9.17) is 19.8 Å². The lowest BCUT2D eigenvalue weighted by Gasteiger charge is -2.29. The Morgan fingerprint density at radius 3 is 2.30 bits per heavy atom. The maximum atomic E-state index is 15.8. The molecule has 0 fully saturated rings. The Labute approximate surface area is 184 Å². The number of rotatable bonds is 5. The van der Waals surface area contributed by atoms with Gasteiger partial charge in [-0.25, -0.2) is 18.2 Å². The fraction of sp³-hybridized carbons (Fsp3) is 0.227. The average Bonchev–Trinajstić information content (AvgIpc) is 2.80. The lowest BCUT2D eigenvalue weighted by atomic mass is 9.87. The van der Waals surface area contributed by atoms with Crippen LogP contribution in [0.5, 0.6) is 0 Å². The van der Waals surface area contributed by atoms with Crippen LogP contribution in [0, 0.1) is 17.5 Å². The number of nitrogens with zero attached hydrogens (tertiary/aromatic N) is 1. The third-order valence-electron chi connectivity index (χ3n) is 4.52. The Morgan fingerprint density at radius 2 is 1.70 bits per heavy atom. The number of aliphatic hydroxyl groups excluding tert-OH is 1. The molecule has 0 saturated heterocycles. The maximum absolute atomic E-state index is 15.8. The Bertz CT molecular complexity index is 1280. The molecule has 0 unspecified atom stereocenters. The van der Waals surface area contributed by atoms with Crippen LogP contribution in [0.1, 0.15) is 38.7 Å². The van der Waals surface area contributed by atoms with Crippen LogP contribution in [0.15, 0.2) is 48.5 Å². The van der Waals surface area contributed by atoms with Gasteiger partial charge in [0.25, 0.3) is 0 Å². The summed E-state index contributed by atoms with van der Waals surface area (Å²) in [4.78, 5) is 3.85. The summed E-state index contributed by atoms with van der Waals surface area (Å²) in [7, 11) is 0. The minimum atomic E-state index is -3.87. The molecular formula is C22H19ClF3NO3. The molecule has 4 nitrogen and oxygen atoms in total. The highest BCUT2D eigenvalue weighted by Crippen LogP contribution is 2.37. The first-order chi connectivity index (χ1) is 16.5. The van der Waals surface area contributed by atoms with Gasteiger partial charge in [0.05, 0.1) is 22.9 Å². The van der Waals surface area contributed by atoms with Crippen molar-refractivity contribution in [3.05, 3.63) is 87.8 Å². The Balaban J connectivity index is 2.52. The summed E-state index contributed by atoms with van der Waals surface area (Å²) < 4.78 is 90.3. The van der Waals surface area contributed by atoms with Crippen molar-refractivity contribution in [1.82, 2.24) is 4.98 Å². The highest BCUT2D eigenvalue weighted by atomic mass is 35.5. The molecule has 30 heavy (non-hydrogen) atoms. The van der Waals surface area contributed by atoms with Crippen LogP contribution in [0.25, 0.3) is 11.3 Å². The third-order valence-corrected chi connectivity index (χ3v) is 4.81. The molecule has 0 aliphatic carbocycles. The van der Waals surface area contributed by atoms with Crippen LogP contribution in [-0.2, 0) is 11.2 Å². The summed E-state index contributed by atoms with van der Waals surface area (Å²) in [6.07, 6.45) is 0. The van der Waals surface area contributed by atoms with Crippen molar-refractivity contribution in [2.75, 3.05) is 6.61 Å². The van der Waals surface area contributed by atoms with Crippen LogP contribution < -0.4 is 0 Å². The van der Waals surface area contributed by atoms with Crippen molar-refractivity contribution in [2.24, 2.45) is 0 Å². The van der Waals surface area contributed by atoms with Crippen molar-refractivity contribution in [2.45, 2.75) is 24.9 Å². The average molecular weight is 444 g/mol. The van der Waals surface area contributed by atoms with Crippen LogP contribution in [0.4, 0.5) is 13.2 Å². The van der Waals surface area contributed by atoms with Gasteiger partial charge in [-0.1, -0.05) is 41.9 Å². The monoisotopic (exact) mass is 443 g/mol. The van der Waals surface area contributed by atoms with Crippen molar-refractivity contribution in [3.63, 3.8) is 0 Å². The summed E-state index contributed by atoms with van der Waals surface area (Å²) >= 11 is 5.71. The molecule has 3 rings (SSSR count). The third kappa shape index (κ3) is 3.94. The fourth-order valence-electron chi connectivity index (χ4n) is 2.92. The molecule has 0 aliphatic heterocycles. The van der Waals surface area contributed by atoms with Crippen LogP contribution in [-0.4, -0.2) is 26.9 Å². The van der Waals surface area contributed by atoms with Gasteiger partial charge >= 0.3 is 0 Å². The van der Waals surface area contributed by atoms with E-state index in [9.17, 15) is 24.1 Å². The first kappa shape index (κ1) is 15.4. The van der Waals surface area contributed by atoms with Gasteiger partial charge in [0, 0.05) is 25.4 Å². The van der Waals surface area contributed by atoms with E-state index < -0.39 is 76.5 Å². The van der Waals surface area contributed by atoms with Gasteiger partial charge in [0.2, 0.25) is 0 Å². The summed E-state index contributed by atoms with van der Waals surface area (Å²) in [6, 6.07) is 8.53. The van der Waals surface area contributed by atoms with E-state index in [-0.39, 0.29) is 5.56 Å². The summed E-state index contributed by atoms with van der Waals surface area (Å²) in [5.41, 5.74) is -10.4. The summed E-state index contributed by atoms with van der Waals surface area (Å²) in [6.45, 7) is -8.66. The van der Waals surface area contributed by atoms with Crippen molar-refractivity contribution >= 4 is 11.6 Å². The van der Waals surface area contributed by atoms with E-state index in [1.165, 1.54) is 24.3 Å². The first-order valence-electron chi connectivity index (χ1n) is 11.5. The molecule has 0 aliphatic rings. The van der Waals surface area contributed by atoms with Crippen LogP contribution >= 0.6 is 11.6 Å². The topological polar surface area (TPSA) is 73.6 Å². The second kappa shape index (κ2) is 8.00. The van der Waals surface area contributed by atoms with E-state index >= 15 is 4.39 Å². The minimum absolute atomic E-state index is 0.0348. The molecule has 0 bridgehead atoms. The first-order valence-corrected chi connectivity index (χ1v) is 8.84. The molecule has 0 radical (unpaired) electrons. The van der Waals surface area contributed by atoms with Crippen molar-refractivity contribution in [3.8, 4) is 11.3 Å². The number of pyridine rings is 1. The second-order valence-corrected chi connectivity index (χ2v) is 6.97. The minimum Gasteiger partial charge on any atom is -0.393 e. The van der Waals surface area contributed by atoms with Crippen molar-refractivity contribution in [1.29, 1.82) is 0 Å². The SMILES string of the molecule is [2H]C([2H])([2H])C(O)(c1cc([C@@](O)(CO)c2ccccc2)nc(-c2cc(Cl)c(F)cc2F)c1F)C([2H])([2H])[2H]. The van der Waals surface area contributed by atoms with E-state index in [1.807, 2.05) is 0 Å². The smallest absolute Gasteiger partial charge is 0.155 e. The van der Waals surface area contributed by atoms with Gasteiger partial charge in [-0.15, -0.1) is 0 Å². The quantitative estimate of drug-likeness (QED) is 0.515. The summed E-state index contributed by atoms with van der Waals surface area (Å²) in [5, 5.41) is 31.7. The van der Waals surface area contributed by atoms with Gasteiger partial charge in [-0.05, 0) is 31.4 Å². The molecule has 0 saturated carbocycles. The molecule has 0 spiro atoms. The normalized spacial score (nSPS) is 17.7. The highest BCUT2D eigenvalue weighted by molar-refractivity contribution is 6.31. The number of hydrogen-bond donors (Lipinski definition) is 3. The van der Waals surface area contributed by atoms with Crippen molar-refractivity contribution < 1.29 is 36.7 Å². The van der Waals surface area contributed by atoms with Gasteiger partial charge < -0.3 is 15.3 Å². The van der Waals surface area contributed by atoms with E-state index in [0.29, 0.717) is 18.2 Å². The molecule has 1 heterocycles. The second-order valence-electron chi connectivity index (χ2n) is 6.56. The van der Waals surface area contributed by atoms with Gasteiger partial charge in [0.15, 0.2) is 11.4 Å². The number of aromatic nitrogens is 1. The molecular weight excluding hydrogens is 419 g/mol. The summed E-state index contributed by atoms with van der Waals surface area (Å²) in [5.74, 6) is -4.40. The number of hydrogen-bond acceptors (Lipinski definition) is 4. The van der Waals surface area contributed by atoms with E-state index in [1.54, 1.807) is 6.07 Å². The van der Waals surface area contributed by atoms with Gasteiger partial charge in [-0.2, -0.15) is 0 Å². The van der Waals surface area contributed by atoms with Gasteiger partial charge in [0.1, 0.15) is 17.3 Å². The number of halogens is 4. The maximum Gasteiger partial charge on any atom is 0.155 e. The highest BCUT2D eigenvalue weighted by Gasteiger charge is 2.36. The molecule has 1 atom stereocenters. The lowest BCUT2D eigenvalue weighted by Crippen LogP contribution is -2.34. The Morgan fingerprint density at radius 1 is 1.03 bits per heavy atom. The molecule has 8 heteroatoms. The number of aliphatic hydroxyl groups is 3. The van der Waals surface area contributed by atoms with Crippen LogP contribution in [0.3, 0.4) is 0 Å². The largest absolute Gasteiger partial charge is 0.393 e. The zero-order chi connectivity index (χ0) is 27.3. The predicted octanol–water partition coefficient (Wildman–Crippen LogP) is 4.27. The lowest BCUT2D eigenvalue weighted by molar-refractivity contribution is 0.0129. The zero-order valence-electron chi connectivity index (χ0n) is 21.1. The van der Waals surface area contributed by atoms with E-state index in [0.717, 1.165) is 0 Å². The standard InChI is InChI=1S/C22H19ClF3NO3/c1-21(2,29)14-9-18(22(30,11-28)12-6-4-3-5-7-12)27-20(19(14)26)13-8-15(23)17(25)10-16(13)24/h3-10,28-30H,11H2,1-2H3/t22-/m1/s1/i1D3,2D3. The van der Waals surface area contributed by atoms with Crippen LogP contribution in [0.2, 0.25) is 5.02 Å². The molecule has 0 amide bonds.